The number of halogens is 2. The van der Waals surface area contributed by atoms with Crippen LogP contribution in [0.2, 0.25) is 0 Å². The summed E-state index contributed by atoms with van der Waals surface area (Å²) in [4.78, 5) is 0. The van der Waals surface area contributed by atoms with Gasteiger partial charge in [-0.2, -0.15) is 6.08 Å². The van der Waals surface area contributed by atoms with Crippen LogP contribution in [0.5, 0.6) is 0 Å². The van der Waals surface area contributed by atoms with Crippen molar-refractivity contribution in [2.24, 2.45) is 0 Å². The Labute approximate surface area is 525 Å². The number of benzene rings is 12. The van der Waals surface area contributed by atoms with Crippen LogP contribution in [0.25, 0.3) is 98.7 Å². The van der Waals surface area contributed by atoms with E-state index >= 15 is 0 Å². The van der Waals surface area contributed by atoms with Gasteiger partial charge in [0.05, 0.1) is 0 Å². The van der Waals surface area contributed by atoms with Crippen LogP contribution >= 0.6 is 0 Å². The van der Waals surface area contributed by atoms with Crippen LogP contribution in [0.15, 0.2) is 255 Å². The van der Waals surface area contributed by atoms with Gasteiger partial charge in [0.15, 0.2) is 0 Å². The molecule has 12 aromatic rings. The molecule has 2 aliphatic rings. The summed E-state index contributed by atoms with van der Waals surface area (Å²) in [5.74, 6) is 0. The Morgan fingerprint density at radius 1 is 0.405 bits per heavy atom. The maximum absolute atomic E-state index is 4.12. The predicted molar refractivity (Wildman–Crippen MR) is 350 cm³/mol. The first-order valence-corrected chi connectivity index (χ1v) is 30.2. The number of allylic oxidation sites excluding steroid dienone is 4. The van der Waals surface area contributed by atoms with E-state index in [0.717, 1.165) is 25.7 Å². The Morgan fingerprint density at radius 2 is 0.857 bits per heavy atom. The molecular weight excluding hydrogens is 1140 g/mol. The van der Waals surface area contributed by atoms with Crippen molar-refractivity contribution in [1.29, 1.82) is 0 Å². The van der Waals surface area contributed by atoms with Crippen molar-refractivity contribution in [3.63, 3.8) is 0 Å². The molecule has 0 unspecified atom stereocenters. The normalized spacial score (nSPS) is 12.2. The molecule has 0 fully saturated rings. The van der Waals surface area contributed by atoms with Crippen molar-refractivity contribution < 1.29 is 49.0 Å². The molecule has 0 aliphatic heterocycles. The van der Waals surface area contributed by atoms with Gasteiger partial charge in [-0.15, -0.1) is 35.2 Å². The molecule has 3 heteroatoms. The second kappa shape index (κ2) is 25.8. The fraction of sp³-hybridized carbons (Fsp3) is 0.148. The molecule has 0 saturated heterocycles. The van der Waals surface area contributed by atoms with Gasteiger partial charge in [-0.1, -0.05) is 222 Å². The quantitative estimate of drug-likeness (QED) is 0.105. The zero-order valence-corrected chi connectivity index (χ0v) is 52.8. The van der Waals surface area contributed by atoms with Gasteiger partial charge in [0.2, 0.25) is 0 Å². The maximum atomic E-state index is 4.12. The monoisotopic (exact) mass is 1200 g/mol. The van der Waals surface area contributed by atoms with Crippen LogP contribution in [0.1, 0.15) is 81.3 Å². The first-order valence-electron chi connectivity index (χ1n) is 29.0. The Kier molecular flexibility index (Phi) is 18.3. The van der Waals surface area contributed by atoms with E-state index in [0.29, 0.717) is 0 Å². The number of rotatable bonds is 8. The average Bonchev–Trinajstić information content (AvgIpc) is 1.70. The van der Waals surface area contributed by atoms with Crippen molar-refractivity contribution >= 4 is 46.3 Å². The van der Waals surface area contributed by atoms with Crippen LogP contribution in [0.4, 0.5) is 0 Å². The Bertz CT molecular complexity index is 4140. The topological polar surface area (TPSA) is 0 Å². The zero-order chi connectivity index (χ0) is 56.4. The van der Waals surface area contributed by atoms with Crippen molar-refractivity contribution in [3.05, 3.63) is 300 Å². The predicted octanol–water partition coefficient (Wildman–Crippen LogP) is 15.4. The van der Waals surface area contributed by atoms with Crippen LogP contribution in [-0.4, -0.2) is 3.21 Å². The summed E-state index contributed by atoms with van der Waals surface area (Å²) in [5, 5.41) is 10.3. The third kappa shape index (κ3) is 12.8. The number of hydrogen-bond acceptors (Lipinski definition) is 0. The minimum atomic E-state index is -0.100. The molecule has 0 aromatic heterocycles. The van der Waals surface area contributed by atoms with Crippen LogP contribution in [-0.2, 0) is 54.3 Å². The summed E-state index contributed by atoms with van der Waals surface area (Å²) >= 11 is 1.55. The molecule has 0 bridgehead atoms. The molecule has 14 rings (SSSR count). The molecule has 0 N–H and O–H groups in total. The van der Waals surface area contributed by atoms with Gasteiger partial charge in [0, 0.05) is 0 Å². The van der Waals surface area contributed by atoms with E-state index in [-0.39, 0.29) is 35.6 Å². The zero-order valence-electron chi connectivity index (χ0n) is 48.8. The molecule has 412 valence electrons. The first-order chi connectivity index (χ1) is 39.8. The van der Waals surface area contributed by atoms with Gasteiger partial charge in [-0.3, -0.25) is 6.08 Å². The fourth-order valence-corrected chi connectivity index (χ4v) is 13.2. The Balaban J connectivity index is 0.000000287. The number of hydrogen-bond donors (Lipinski definition) is 0. The Hall–Kier alpha value is -7.51. The molecule has 2 aliphatic carbocycles. The molecule has 0 nitrogen and oxygen atoms in total. The van der Waals surface area contributed by atoms with Gasteiger partial charge in [0.1, 0.15) is 0 Å². The standard InChI is InChI=1S/C61H49.C15H14.C5H5.2ClH.Zr/c1-60(2,3)58-36-54-44(34-56(58)52-21-13-11-19-48(52)42-27-29-50-40(31-42)25-23-38-15-7-9-17-46(38)50)33-45-35-57(59(37-55(45)54)61(4,5)6)53-22-14-12-20-49(53)43-28-30-51-41(32-43)26-24-39-16-8-10-18-47(39)51;1-3-8-14(9-4-1)12-7-13-15-10-5-2-6-11-15;1-2-4-5-3-1;;;/h7-32,34,36-37H,33H2,1-6H3;1-6,8-11H,12-13H2;1-3H,4H2;2*1H;/q-1;;-1;;;+2/p-2. The van der Waals surface area contributed by atoms with Gasteiger partial charge >= 0.3 is 112 Å². The molecule has 0 saturated carbocycles. The van der Waals surface area contributed by atoms with E-state index in [1.165, 1.54) is 132 Å². The van der Waals surface area contributed by atoms with E-state index in [1.54, 1.807) is 27.4 Å². The van der Waals surface area contributed by atoms with Crippen molar-refractivity contribution in [3.8, 4) is 55.6 Å². The third-order valence-corrected chi connectivity index (χ3v) is 17.2. The summed E-state index contributed by atoms with van der Waals surface area (Å²) in [5.41, 5.74) is 20.7. The van der Waals surface area contributed by atoms with Crippen LogP contribution in [0.3, 0.4) is 0 Å². The van der Waals surface area contributed by atoms with Gasteiger partial charge in [0.25, 0.3) is 0 Å². The summed E-state index contributed by atoms with van der Waals surface area (Å²) < 4.78 is 1.60. The third-order valence-electron chi connectivity index (χ3n) is 16.3. The van der Waals surface area contributed by atoms with E-state index in [9.17, 15) is 0 Å². The van der Waals surface area contributed by atoms with E-state index in [4.69, 9.17) is 0 Å². The van der Waals surface area contributed by atoms with E-state index in [2.05, 4.69) is 296 Å². The molecular formula is C81H68Cl2Zr-2. The van der Waals surface area contributed by atoms with E-state index < -0.39 is 0 Å². The molecule has 0 atom stereocenters. The summed E-state index contributed by atoms with van der Waals surface area (Å²) in [7, 11) is 0. The van der Waals surface area contributed by atoms with E-state index in [1.807, 2.05) is 12.2 Å². The van der Waals surface area contributed by atoms with Crippen molar-refractivity contribution in [1.82, 2.24) is 0 Å². The summed E-state index contributed by atoms with van der Waals surface area (Å²) in [6, 6.07) is 91.5. The van der Waals surface area contributed by atoms with Gasteiger partial charge in [-0.25, -0.2) is 12.2 Å². The SMILES string of the molecule is CC(C)(C)c1cc2c([c-]c1-c1ccccc1-c1ccc3c(ccc4ccccc43)c1)Cc1cc(-c3ccccc3-c3ccc4c(ccc5ccccc54)c3)c(C(C)(C)C)cc1-2.[C-]1=CC=CC1.[Cl-].[Cl-].[Zr+2]=[C](Cc1ccccc1)Cc1ccccc1. The summed E-state index contributed by atoms with van der Waals surface area (Å²) in [6.07, 6.45) is 13.1. The average molecular weight is 1200 g/mol. The molecule has 84 heavy (non-hydrogen) atoms. The summed E-state index contributed by atoms with van der Waals surface area (Å²) in [6.45, 7) is 14.1. The number of fused-ring (bicyclic) bond motifs is 9. The Morgan fingerprint density at radius 3 is 1.36 bits per heavy atom. The second-order valence-corrected chi connectivity index (χ2v) is 25.9. The van der Waals surface area contributed by atoms with Gasteiger partial charge < -0.3 is 24.8 Å². The molecule has 0 spiro atoms. The van der Waals surface area contributed by atoms with Crippen LogP contribution in [0, 0.1) is 12.1 Å². The molecule has 0 radical (unpaired) electrons. The minimum absolute atomic E-state index is 0. The van der Waals surface area contributed by atoms with Crippen molar-refractivity contribution in [2.45, 2.75) is 78.1 Å². The van der Waals surface area contributed by atoms with Gasteiger partial charge in [-0.05, 0) is 111 Å². The first kappa shape index (κ1) is 59.6. The molecule has 0 amide bonds. The second-order valence-electron chi connectivity index (χ2n) is 24.1. The van der Waals surface area contributed by atoms with Crippen LogP contribution < -0.4 is 24.8 Å². The molecule has 12 aromatic carbocycles. The molecule has 0 heterocycles. The van der Waals surface area contributed by atoms with Crippen molar-refractivity contribution in [2.75, 3.05) is 0 Å². The fourth-order valence-electron chi connectivity index (χ4n) is 12.2.